The van der Waals surface area contributed by atoms with Gasteiger partial charge >= 0.3 is 0 Å². The maximum absolute atomic E-state index is 10.4. The number of ether oxygens (including phenoxy) is 2. The first kappa shape index (κ1) is 21.9. The quantitative estimate of drug-likeness (QED) is 0.441. The second kappa shape index (κ2) is 11.4. The smallest absolute Gasteiger partial charge is 0.191 e. The Morgan fingerprint density at radius 1 is 1.11 bits per heavy atom. The average Bonchev–Trinajstić information content (AvgIpc) is 2.71. The molecular weight excluding hydrogens is 378 g/mol. The molecule has 0 aliphatic rings. The van der Waals surface area contributed by atoms with Crippen LogP contribution in [0.1, 0.15) is 24.2 Å². The normalized spacial score (nSPS) is 12.4. The third kappa shape index (κ3) is 6.32. The summed E-state index contributed by atoms with van der Waals surface area (Å²) in [5.74, 6) is 2.07. The Morgan fingerprint density at radius 2 is 1.86 bits per heavy atom. The summed E-state index contributed by atoms with van der Waals surface area (Å²) in [6.07, 6.45) is 0.0349. The average molecular weight is 406 g/mol. The molecule has 0 aromatic heterocycles. The van der Waals surface area contributed by atoms with E-state index in [0.29, 0.717) is 34.6 Å². The van der Waals surface area contributed by atoms with Gasteiger partial charge < -0.3 is 25.2 Å². The highest BCUT2D eigenvalue weighted by atomic mass is 35.5. The highest BCUT2D eigenvalue weighted by Gasteiger charge is 2.11. The van der Waals surface area contributed by atoms with Crippen molar-refractivity contribution in [2.75, 3.05) is 33.9 Å². The van der Waals surface area contributed by atoms with Crippen LogP contribution in [0.3, 0.4) is 0 Å². The lowest BCUT2D eigenvalue weighted by Crippen LogP contribution is -2.38. The molecular formula is C21H28ClN3O3. The first-order valence-corrected chi connectivity index (χ1v) is 9.62. The molecule has 0 bridgehead atoms. The zero-order valence-electron chi connectivity index (χ0n) is 16.5. The van der Waals surface area contributed by atoms with Gasteiger partial charge in [-0.1, -0.05) is 35.9 Å². The maximum atomic E-state index is 10.4. The molecule has 1 atom stereocenters. The van der Waals surface area contributed by atoms with Gasteiger partial charge in [0.25, 0.3) is 0 Å². The summed E-state index contributed by atoms with van der Waals surface area (Å²) in [6.45, 7) is 3.62. The summed E-state index contributed by atoms with van der Waals surface area (Å²) in [5, 5.41) is 17.4. The second-order valence-electron chi connectivity index (χ2n) is 6.12. The molecule has 6 nitrogen and oxygen atoms in total. The fourth-order valence-corrected chi connectivity index (χ4v) is 2.99. The second-order valence-corrected chi connectivity index (χ2v) is 6.53. The van der Waals surface area contributed by atoms with Crippen molar-refractivity contribution in [2.45, 2.75) is 19.4 Å². The molecule has 0 aliphatic heterocycles. The number of methoxy groups -OCH3 is 2. The van der Waals surface area contributed by atoms with Gasteiger partial charge in [0, 0.05) is 23.7 Å². The zero-order valence-corrected chi connectivity index (χ0v) is 17.3. The standard InChI is InChI=1S/C21H28ClN3O3/c1-4-23-21(25-14-18(26)16-7-5-6-8-17(16)22)24-12-11-15-9-10-19(27-2)20(13-15)28-3/h5-10,13,18,26H,4,11-12,14H2,1-3H3,(H2,23,24,25). The fraction of sp³-hybridized carbons (Fsp3) is 0.381. The van der Waals surface area contributed by atoms with Crippen LogP contribution >= 0.6 is 11.6 Å². The minimum absolute atomic E-state index is 0.218. The summed E-state index contributed by atoms with van der Waals surface area (Å²) in [7, 11) is 3.25. The number of aliphatic hydroxyl groups excluding tert-OH is 1. The number of nitrogens with one attached hydrogen (secondary N) is 2. The van der Waals surface area contributed by atoms with Gasteiger partial charge in [-0.2, -0.15) is 0 Å². The van der Waals surface area contributed by atoms with E-state index in [1.165, 1.54) is 0 Å². The molecule has 28 heavy (non-hydrogen) atoms. The molecule has 152 valence electrons. The van der Waals surface area contributed by atoms with Gasteiger partial charge in [-0.05, 0) is 37.1 Å². The summed E-state index contributed by atoms with van der Waals surface area (Å²) < 4.78 is 10.6. The molecule has 7 heteroatoms. The lowest BCUT2D eigenvalue weighted by atomic mass is 10.1. The molecule has 0 heterocycles. The molecule has 1 unspecified atom stereocenters. The van der Waals surface area contributed by atoms with E-state index in [9.17, 15) is 5.11 Å². The van der Waals surface area contributed by atoms with Crippen LogP contribution in [0.15, 0.2) is 47.5 Å². The van der Waals surface area contributed by atoms with Crippen LogP contribution in [0, 0.1) is 0 Å². The zero-order chi connectivity index (χ0) is 20.4. The molecule has 2 rings (SSSR count). The van der Waals surface area contributed by atoms with Crippen LogP contribution < -0.4 is 20.1 Å². The van der Waals surface area contributed by atoms with E-state index < -0.39 is 6.10 Å². The molecule has 0 aliphatic carbocycles. The Morgan fingerprint density at radius 3 is 2.54 bits per heavy atom. The van der Waals surface area contributed by atoms with Crippen LogP contribution in [0.25, 0.3) is 0 Å². The maximum Gasteiger partial charge on any atom is 0.191 e. The van der Waals surface area contributed by atoms with Crippen molar-refractivity contribution in [3.63, 3.8) is 0 Å². The van der Waals surface area contributed by atoms with Gasteiger partial charge in [0.2, 0.25) is 0 Å². The van der Waals surface area contributed by atoms with Crippen molar-refractivity contribution < 1.29 is 14.6 Å². The van der Waals surface area contributed by atoms with Crippen LogP contribution in [0.2, 0.25) is 5.02 Å². The Labute approximate surface area is 171 Å². The van der Waals surface area contributed by atoms with E-state index in [1.807, 2.05) is 37.3 Å². The van der Waals surface area contributed by atoms with E-state index in [0.717, 1.165) is 18.5 Å². The van der Waals surface area contributed by atoms with Crippen LogP contribution in [0.5, 0.6) is 11.5 Å². The minimum Gasteiger partial charge on any atom is -0.493 e. The SMILES string of the molecule is CCNC(=NCC(O)c1ccccc1Cl)NCCc1ccc(OC)c(OC)c1. The number of benzene rings is 2. The molecule has 2 aromatic carbocycles. The molecule has 0 saturated carbocycles. The van der Waals surface area contributed by atoms with E-state index in [2.05, 4.69) is 15.6 Å². The molecule has 0 saturated heterocycles. The molecule has 0 radical (unpaired) electrons. The monoisotopic (exact) mass is 405 g/mol. The van der Waals surface area contributed by atoms with E-state index in [1.54, 1.807) is 26.4 Å². The molecule has 3 N–H and O–H groups in total. The van der Waals surface area contributed by atoms with Crippen molar-refractivity contribution in [3.05, 3.63) is 58.6 Å². The van der Waals surface area contributed by atoms with Gasteiger partial charge in [0.1, 0.15) is 6.10 Å². The topological polar surface area (TPSA) is 75.1 Å². The minimum atomic E-state index is -0.755. The first-order chi connectivity index (χ1) is 13.6. The number of hydrogen-bond acceptors (Lipinski definition) is 4. The van der Waals surface area contributed by atoms with Gasteiger partial charge in [0.05, 0.1) is 20.8 Å². The molecule has 2 aromatic rings. The van der Waals surface area contributed by atoms with Crippen molar-refractivity contribution in [2.24, 2.45) is 4.99 Å². The van der Waals surface area contributed by atoms with Crippen molar-refractivity contribution in [1.29, 1.82) is 0 Å². The van der Waals surface area contributed by atoms with Gasteiger partial charge in [-0.25, -0.2) is 0 Å². The Kier molecular flexibility index (Phi) is 8.91. The lowest BCUT2D eigenvalue weighted by molar-refractivity contribution is 0.187. The van der Waals surface area contributed by atoms with Gasteiger partial charge in [-0.15, -0.1) is 0 Å². The van der Waals surface area contributed by atoms with Crippen molar-refractivity contribution in [1.82, 2.24) is 10.6 Å². The summed E-state index contributed by atoms with van der Waals surface area (Å²) in [6, 6.07) is 13.1. The number of halogens is 1. The third-order valence-electron chi connectivity index (χ3n) is 4.18. The molecule has 0 amide bonds. The predicted octanol–water partition coefficient (Wildman–Crippen LogP) is 3.19. The Balaban J connectivity index is 1.93. The largest absolute Gasteiger partial charge is 0.493 e. The van der Waals surface area contributed by atoms with Crippen LogP contribution in [-0.4, -0.2) is 44.9 Å². The number of guanidine groups is 1. The van der Waals surface area contributed by atoms with Crippen molar-refractivity contribution >= 4 is 17.6 Å². The van der Waals surface area contributed by atoms with E-state index >= 15 is 0 Å². The Bertz CT molecular complexity index is 783. The number of nitrogens with zero attached hydrogens (tertiary/aromatic N) is 1. The third-order valence-corrected chi connectivity index (χ3v) is 4.53. The first-order valence-electron chi connectivity index (χ1n) is 9.24. The fourth-order valence-electron chi connectivity index (χ4n) is 2.72. The lowest BCUT2D eigenvalue weighted by Gasteiger charge is -2.14. The molecule has 0 spiro atoms. The van der Waals surface area contributed by atoms with Gasteiger partial charge in [-0.3, -0.25) is 4.99 Å². The highest BCUT2D eigenvalue weighted by molar-refractivity contribution is 6.31. The number of aliphatic imine (C=N–C) groups is 1. The Hall–Kier alpha value is -2.44. The number of aliphatic hydroxyl groups is 1. The number of hydrogen-bond donors (Lipinski definition) is 3. The number of rotatable bonds is 9. The van der Waals surface area contributed by atoms with Gasteiger partial charge in [0.15, 0.2) is 17.5 Å². The molecule has 0 fully saturated rings. The van der Waals surface area contributed by atoms with E-state index in [-0.39, 0.29) is 6.54 Å². The predicted molar refractivity (Wildman–Crippen MR) is 114 cm³/mol. The van der Waals surface area contributed by atoms with Crippen molar-refractivity contribution in [3.8, 4) is 11.5 Å². The van der Waals surface area contributed by atoms with Crippen LogP contribution in [-0.2, 0) is 6.42 Å². The summed E-state index contributed by atoms with van der Waals surface area (Å²) in [5.41, 5.74) is 1.80. The summed E-state index contributed by atoms with van der Waals surface area (Å²) in [4.78, 5) is 4.46. The highest BCUT2D eigenvalue weighted by Crippen LogP contribution is 2.27. The van der Waals surface area contributed by atoms with Crippen LogP contribution in [0.4, 0.5) is 0 Å². The summed E-state index contributed by atoms with van der Waals surface area (Å²) >= 11 is 6.13. The van der Waals surface area contributed by atoms with E-state index in [4.69, 9.17) is 21.1 Å².